The molecule has 1 aliphatic heterocycles. The Hall–Kier alpha value is -3.67. The summed E-state index contributed by atoms with van der Waals surface area (Å²) < 4.78 is 6.03. The molecule has 0 N–H and O–H groups in total. The van der Waals surface area contributed by atoms with Crippen LogP contribution in [0.3, 0.4) is 0 Å². The summed E-state index contributed by atoms with van der Waals surface area (Å²) in [6.07, 6.45) is 3.59. The molecular weight excluding hydrogens is 362 g/mol. The van der Waals surface area contributed by atoms with Crippen LogP contribution in [0.1, 0.15) is 0 Å². The fourth-order valence-corrected chi connectivity index (χ4v) is 3.71. The van der Waals surface area contributed by atoms with E-state index in [4.69, 9.17) is 4.74 Å². The lowest BCUT2D eigenvalue weighted by atomic mass is 10.1. The van der Waals surface area contributed by atoms with Crippen molar-refractivity contribution in [3.63, 3.8) is 0 Å². The highest BCUT2D eigenvalue weighted by molar-refractivity contribution is 5.92. The molecule has 2 aromatic heterocycles. The quantitative estimate of drug-likeness (QED) is 0.528. The Kier molecular flexibility index (Phi) is 4.66. The van der Waals surface area contributed by atoms with Gasteiger partial charge in [-0.2, -0.15) is 5.10 Å². The van der Waals surface area contributed by atoms with Crippen LogP contribution in [-0.4, -0.2) is 41.4 Å². The second-order valence-electron chi connectivity index (χ2n) is 6.98. The lowest BCUT2D eigenvalue weighted by molar-refractivity contribution is 0.483. The molecule has 0 radical (unpaired) electrons. The molecule has 0 saturated carbocycles. The minimum Gasteiger partial charge on any atom is -0.457 e. The van der Waals surface area contributed by atoms with Crippen molar-refractivity contribution in [1.82, 2.24) is 15.2 Å². The van der Waals surface area contributed by atoms with Crippen molar-refractivity contribution in [2.75, 3.05) is 36.0 Å². The third-order valence-corrected chi connectivity index (χ3v) is 5.17. The standard InChI is InChI=1S/C23H21N5O/c1-2-5-18(6-3-1)29-19-8-9-21-20(17-19)22(10-12-24-21)27-13-15-28(16-14-27)23-7-4-11-25-26-23/h1-12,17H,13-16H2. The minimum absolute atomic E-state index is 0.816. The van der Waals surface area contributed by atoms with E-state index in [0.717, 1.165) is 54.4 Å². The van der Waals surface area contributed by atoms with E-state index >= 15 is 0 Å². The molecule has 2 aromatic carbocycles. The average Bonchev–Trinajstić information content (AvgIpc) is 2.80. The van der Waals surface area contributed by atoms with E-state index in [1.807, 2.05) is 60.8 Å². The largest absolute Gasteiger partial charge is 0.457 e. The molecule has 3 heterocycles. The van der Waals surface area contributed by atoms with Crippen LogP contribution in [0.5, 0.6) is 11.5 Å². The van der Waals surface area contributed by atoms with Gasteiger partial charge in [0.1, 0.15) is 11.5 Å². The maximum absolute atomic E-state index is 6.03. The summed E-state index contributed by atoms with van der Waals surface area (Å²) in [7, 11) is 0. The molecule has 0 aliphatic carbocycles. The van der Waals surface area contributed by atoms with Crippen molar-refractivity contribution in [3.05, 3.63) is 79.1 Å². The second-order valence-corrected chi connectivity index (χ2v) is 6.98. The van der Waals surface area contributed by atoms with Gasteiger partial charge in [-0.15, -0.1) is 5.10 Å². The van der Waals surface area contributed by atoms with Gasteiger partial charge in [-0.05, 0) is 48.5 Å². The van der Waals surface area contributed by atoms with Crippen LogP contribution in [0, 0.1) is 0 Å². The summed E-state index contributed by atoms with van der Waals surface area (Å²) in [5.74, 6) is 2.58. The number of ether oxygens (including phenoxy) is 1. The van der Waals surface area contributed by atoms with Crippen molar-refractivity contribution >= 4 is 22.4 Å². The Balaban J connectivity index is 1.39. The zero-order chi connectivity index (χ0) is 19.5. The summed E-state index contributed by atoms with van der Waals surface area (Å²) in [5, 5.41) is 9.33. The van der Waals surface area contributed by atoms with Gasteiger partial charge < -0.3 is 14.5 Å². The minimum atomic E-state index is 0.816. The lowest BCUT2D eigenvalue weighted by Crippen LogP contribution is -2.47. The SMILES string of the molecule is c1ccc(Oc2ccc3nccc(N4CCN(c5cccnn5)CC4)c3c2)cc1. The molecule has 29 heavy (non-hydrogen) atoms. The van der Waals surface area contributed by atoms with Crippen LogP contribution in [0.4, 0.5) is 11.5 Å². The van der Waals surface area contributed by atoms with Gasteiger partial charge in [0.05, 0.1) is 5.52 Å². The molecule has 0 spiro atoms. The first-order chi connectivity index (χ1) is 14.4. The number of nitrogens with zero attached hydrogens (tertiary/aromatic N) is 5. The molecule has 0 bridgehead atoms. The smallest absolute Gasteiger partial charge is 0.151 e. The fraction of sp³-hybridized carbons (Fsp3) is 0.174. The highest BCUT2D eigenvalue weighted by Gasteiger charge is 2.20. The molecular formula is C23H21N5O. The maximum Gasteiger partial charge on any atom is 0.151 e. The molecule has 1 aliphatic rings. The fourth-order valence-electron chi connectivity index (χ4n) is 3.71. The molecule has 144 valence electrons. The number of piperazine rings is 1. The topological polar surface area (TPSA) is 54.4 Å². The Morgan fingerprint density at radius 1 is 0.724 bits per heavy atom. The number of aromatic nitrogens is 3. The predicted octanol–water partition coefficient (Wildman–Crippen LogP) is 4.14. The Bertz CT molecular complexity index is 1100. The van der Waals surface area contributed by atoms with Crippen LogP contribution in [0.2, 0.25) is 0 Å². The summed E-state index contributed by atoms with van der Waals surface area (Å²) in [4.78, 5) is 9.22. The molecule has 1 fully saturated rings. The third-order valence-electron chi connectivity index (χ3n) is 5.17. The molecule has 0 amide bonds. The average molecular weight is 383 g/mol. The molecule has 0 unspecified atom stereocenters. The third kappa shape index (κ3) is 3.69. The van der Waals surface area contributed by atoms with Crippen LogP contribution in [-0.2, 0) is 0 Å². The number of hydrogen-bond acceptors (Lipinski definition) is 6. The van der Waals surface area contributed by atoms with Crippen molar-refractivity contribution < 1.29 is 4.74 Å². The molecule has 6 heteroatoms. The van der Waals surface area contributed by atoms with Crippen LogP contribution in [0.25, 0.3) is 10.9 Å². The van der Waals surface area contributed by atoms with E-state index in [1.54, 1.807) is 6.20 Å². The molecule has 5 rings (SSSR count). The van der Waals surface area contributed by atoms with E-state index in [9.17, 15) is 0 Å². The van der Waals surface area contributed by atoms with Crippen LogP contribution < -0.4 is 14.5 Å². The van der Waals surface area contributed by atoms with Crippen molar-refractivity contribution in [2.24, 2.45) is 0 Å². The second kappa shape index (κ2) is 7.75. The Labute approximate surface area is 169 Å². The van der Waals surface area contributed by atoms with Crippen molar-refractivity contribution in [2.45, 2.75) is 0 Å². The summed E-state index contributed by atoms with van der Waals surface area (Å²) >= 11 is 0. The number of hydrogen-bond donors (Lipinski definition) is 0. The van der Waals surface area contributed by atoms with Gasteiger partial charge in [-0.25, -0.2) is 0 Å². The number of pyridine rings is 1. The zero-order valence-electron chi connectivity index (χ0n) is 16.0. The Morgan fingerprint density at radius 2 is 1.55 bits per heavy atom. The zero-order valence-corrected chi connectivity index (χ0v) is 16.0. The molecule has 1 saturated heterocycles. The predicted molar refractivity (Wildman–Crippen MR) is 115 cm³/mol. The van der Waals surface area contributed by atoms with Crippen LogP contribution >= 0.6 is 0 Å². The maximum atomic E-state index is 6.03. The van der Waals surface area contributed by atoms with Gasteiger partial charge in [-0.1, -0.05) is 18.2 Å². The van der Waals surface area contributed by atoms with Crippen LogP contribution in [0.15, 0.2) is 79.1 Å². The normalized spacial score (nSPS) is 14.2. The van der Waals surface area contributed by atoms with E-state index < -0.39 is 0 Å². The number of anilines is 2. The van der Waals surface area contributed by atoms with E-state index in [1.165, 1.54) is 5.69 Å². The van der Waals surface area contributed by atoms with Gasteiger partial charge in [0.15, 0.2) is 5.82 Å². The number of fused-ring (bicyclic) bond motifs is 1. The Morgan fingerprint density at radius 3 is 2.34 bits per heavy atom. The van der Waals surface area contributed by atoms with Gasteiger partial charge >= 0.3 is 0 Å². The number of rotatable bonds is 4. The molecule has 0 atom stereocenters. The van der Waals surface area contributed by atoms with E-state index in [-0.39, 0.29) is 0 Å². The van der Waals surface area contributed by atoms with Crippen molar-refractivity contribution in [1.29, 1.82) is 0 Å². The molecule has 6 nitrogen and oxygen atoms in total. The van der Waals surface area contributed by atoms with E-state index in [2.05, 4.69) is 37.1 Å². The first kappa shape index (κ1) is 17.4. The van der Waals surface area contributed by atoms with Gasteiger partial charge in [0, 0.05) is 49.6 Å². The van der Waals surface area contributed by atoms with Gasteiger partial charge in [0.2, 0.25) is 0 Å². The first-order valence-electron chi connectivity index (χ1n) is 9.76. The summed E-state index contributed by atoms with van der Waals surface area (Å²) in [5.41, 5.74) is 2.16. The first-order valence-corrected chi connectivity index (χ1v) is 9.76. The van der Waals surface area contributed by atoms with E-state index in [0.29, 0.717) is 0 Å². The molecule has 4 aromatic rings. The number of para-hydroxylation sites is 1. The van der Waals surface area contributed by atoms with Gasteiger partial charge in [0.25, 0.3) is 0 Å². The number of benzene rings is 2. The monoisotopic (exact) mass is 383 g/mol. The summed E-state index contributed by atoms with van der Waals surface area (Å²) in [6.45, 7) is 3.64. The van der Waals surface area contributed by atoms with Crippen molar-refractivity contribution in [3.8, 4) is 11.5 Å². The summed E-state index contributed by atoms with van der Waals surface area (Å²) in [6, 6.07) is 21.9. The van der Waals surface area contributed by atoms with Gasteiger partial charge in [-0.3, -0.25) is 4.98 Å². The lowest BCUT2D eigenvalue weighted by Gasteiger charge is -2.36. The highest BCUT2D eigenvalue weighted by atomic mass is 16.5. The highest BCUT2D eigenvalue weighted by Crippen LogP contribution is 2.31.